The van der Waals surface area contributed by atoms with Crippen LogP contribution in [0.2, 0.25) is 0 Å². The number of H-pyrrole nitrogens is 1. The van der Waals surface area contributed by atoms with Crippen molar-refractivity contribution >= 4 is 5.91 Å². The van der Waals surface area contributed by atoms with Crippen molar-refractivity contribution in [2.24, 2.45) is 0 Å². The number of amides is 1. The summed E-state index contributed by atoms with van der Waals surface area (Å²) in [6, 6.07) is 11.2. The Hall–Kier alpha value is -3.93. The van der Waals surface area contributed by atoms with E-state index in [9.17, 15) is 4.79 Å². The fourth-order valence-corrected chi connectivity index (χ4v) is 3.40. The third kappa shape index (κ3) is 4.07. The summed E-state index contributed by atoms with van der Waals surface area (Å²) in [5.41, 5.74) is 2.07. The summed E-state index contributed by atoms with van der Waals surface area (Å²) < 4.78 is 11.1. The summed E-state index contributed by atoms with van der Waals surface area (Å²) in [5, 5.41) is 16.3. The van der Waals surface area contributed by atoms with E-state index in [0.717, 1.165) is 24.2 Å². The number of piperidine rings is 1. The van der Waals surface area contributed by atoms with Crippen molar-refractivity contribution in [2.45, 2.75) is 18.9 Å². The minimum Gasteiger partial charge on any atom is -0.497 e. The number of nitrogens with zero attached hydrogens (tertiary/aromatic N) is 5. The lowest BCUT2D eigenvalue weighted by atomic mass is 10.1. The molecule has 1 unspecified atom stereocenters. The Morgan fingerprint density at radius 2 is 2.17 bits per heavy atom. The van der Waals surface area contributed by atoms with E-state index in [1.165, 1.54) is 12.4 Å². The third-order valence-electron chi connectivity index (χ3n) is 4.89. The lowest BCUT2D eigenvalue weighted by Crippen LogP contribution is -2.44. The van der Waals surface area contributed by atoms with Crippen molar-refractivity contribution < 1.29 is 14.3 Å². The van der Waals surface area contributed by atoms with Gasteiger partial charge >= 0.3 is 0 Å². The largest absolute Gasteiger partial charge is 0.497 e. The van der Waals surface area contributed by atoms with E-state index in [1.54, 1.807) is 18.1 Å². The summed E-state index contributed by atoms with van der Waals surface area (Å²) in [4.78, 5) is 22.7. The molecule has 1 aliphatic rings. The highest BCUT2D eigenvalue weighted by Crippen LogP contribution is 2.24. The van der Waals surface area contributed by atoms with Gasteiger partial charge in [-0.1, -0.05) is 12.1 Å². The van der Waals surface area contributed by atoms with Crippen molar-refractivity contribution in [3.63, 3.8) is 0 Å². The Bertz CT molecular complexity index is 1090. The fourth-order valence-electron chi connectivity index (χ4n) is 3.40. The van der Waals surface area contributed by atoms with Gasteiger partial charge in [-0.3, -0.25) is 9.89 Å². The summed E-state index contributed by atoms with van der Waals surface area (Å²) in [6.45, 7) is 1.02. The minimum absolute atomic E-state index is 0.137. The van der Waals surface area contributed by atoms with Gasteiger partial charge < -0.3 is 14.4 Å². The molecule has 1 aliphatic heterocycles. The molecule has 3 heterocycles. The lowest BCUT2D eigenvalue weighted by molar-refractivity contribution is 0.0521. The Kier molecular flexibility index (Phi) is 5.57. The van der Waals surface area contributed by atoms with Gasteiger partial charge in [0.1, 0.15) is 23.6 Å². The van der Waals surface area contributed by atoms with Crippen LogP contribution in [0.4, 0.5) is 0 Å². The number of hydrogen-bond donors (Lipinski definition) is 1. The first-order valence-electron chi connectivity index (χ1n) is 9.55. The van der Waals surface area contributed by atoms with Gasteiger partial charge in [0.2, 0.25) is 5.69 Å². The normalized spacial score (nSPS) is 16.0. The zero-order valence-electron chi connectivity index (χ0n) is 16.4. The molecular weight excluding hydrogens is 384 g/mol. The highest BCUT2D eigenvalue weighted by molar-refractivity contribution is 5.93. The summed E-state index contributed by atoms with van der Waals surface area (Å²) >= 11 is 0. The number of likely N-dealkylation sites (tertiary alicyclic amines) is 1. The van der Waals surface area contributed by atoms with Gasteiger partial charge in [-0.2, -0.15) is 10.4 Å². The minimum atomic E-state index is -0.257. The van der Waals surface area contributed by atoms with Crippen LogP contribution in [0.25, 0.3) is 11.3 Å². The highest BCUT2D eigenvalue weighted by atomic mass is 16.5. The van der Waals surface area contributed by atoms with Gasteiger partial charge in [-0.15, -0.1) is 0 Å². The molecule has 1 fully saturated rings. The van der Waals surface area contributed by atoms with Crippen molar-refractivity contribution in [2.75, 3.05) is 20.2 Å². The van der Waals surface area contributed by atoms with E-state index < -0.39 is 0 Å². The molecule has 2 aromatic heterocycles. The Morgan fingerprint density at radius 1 is 1.30 bits per heavy atom. The molecule has 3 aromatic rings. The third-order valence-corrected chi connectivity index (χ3v) is 4.89. The van der Waals surface area contributed by atoms with Crippen LogP contribution in [-0.4, -0.2) is 57.3 Å². The predicted octanol–water partition coefficient (Wildman–Crippen LogP) is 2.43. The molecule has 0 aliphatic carbocycles. The maximum absolute atomic E-state index is 13.0. The number of carbonyl (C=O) groups excluding carboxylic acids is 1. The number of aromatic nitrogens is 4. The van der Waals surface area contributed by atoms with E-state index in [4.69, 9.17) is 14.7 Å². The lowest BCUT2D eigenvalue weighted by Gasteiger charge is -2.32. The van der Waals surface area contributed by atoms with Crippen LogP contribution in [0, 0.1) is 11.3 Å². The second-order valence-electron chi connectivity index (χ2n) is 6.85. The van der Waals surface area contributed by atoms with Crippen LogP contribution in [-0.2, 0) is 0 Å². The second kappa shape index (κ2) is 8.61. The van der Waals surface area contributed by atoms with Crippen molar-refractivity contribution in [1.82, 2.24) is 25.1 Å². The van der Waals surface area contributed by atoms with Crippen molar-refractivity contribution in [3.8, 4) is 29.0 Å². The van der Waals surface area contributed by atoms with Crippen LogP contribution in [0.1, 0.15) is 29.0 Å². The predicted molar refractivity (Wildman–Crippen MR) is 107 cm³/mol. The second-order valence-corrected chi connectivity index (χ2v) is 6.85. The van der Waals surface area contributed by atoms with Gasteiger partial charge in [0.15, 0.2) is 0 Å². The molecule has 1 amide bonds. The fraction of sp³-hybridized carbons (Fsp3) is 0.286. The number of nitrogens with one attached hydrogen (secondary N) is 1. The molecule has 152 valence electrons. The molecule has 0 bridgehead atoms. The number of carbonyl (C=O) groups is 1. The molecule has 1 saturated heterocycles. The topological polar surface area (TPSA) is 117 Å². The first kappa shape index (κ1) is 19.4. The van der Waals surface area contributed by atoms with Gasteiger partial charge in [0.25, 0.3) is 11.8 Å². The summed E-state index contributed by atoms with van der Waals surface area (Å²) in [6.07, 6.45) is 4.22. The standard InChI is InChI=1S/C21H20N6O3/c1-29-15-5-2-4-14(10-15)17-11-18(26-25-17)21(28)27-9-3-6-16(13-27)30-20-19(12-22)23-7-8-24-20/h2,4-5,7-8,10-11,16H,3,6,9,13H2,1H3,(H,25,26). The average molecular weight is 404 g/mol. The Balaban J connectivity index is 1.46. The smallest absolute Gasteiger partial charge is 0.272 e. The first-order valence-corrected chi connectivity index (χ1v) is 9.55. The monoisotopic (exact) mass is 404 g/mol. The molecule has 0 radical (unpaired) electrons. The average Bonchev–Trinajstić information content (AvgIpc) is 3.29. The number of methoxy groups -OCH3 is 1. The van der Waals surface area contributed by atoms with Gasteiger partial charge in [0, 0.05) is 24.5 Å². The molecule has 9 nitrogen and oxygen atoms in total. The number of hydrogen-bond acceptors (Lipinski definition) is 7. The van der Waals surface area contributed by atoms with Crippen LogP contribution in [0.5, 0.6) is 11.6 Å². The van der Waals surface area contributed by atoms with Crippen molar-refractivity contribution in [1.29, 1.82) is 5.26 Å². The molecular formula is C21H20N6O3. The zero-order valence-corrected chi connectivity index (χ0v) is 16.4. The molecule has 30 heavy (non-hydrogen) atoms. The zero-order chi connectivity index (χ0) is 20.9. The maximum Gasteiger partial charge on any atom is 0.272 e. The van der Waals surface area contributed by atoms with Crippen molar-refractivity contribution in [3.05, 3.63) is 54.1 Å². The van der Waals surface area contributed by atoms with E-state index in [1.807, 2.05) is 30.3 Å². The summed E-state index contributed by atoms with van der Waals surface area (Å²) in [7, 11) is 1.61. The van der Waals surface area contributed by atoms with E-state index in [-0.39, 0.29) is 23.6 Å². The molecule has 0 spiro atoms. The number of rotatable bonds is 5. The molecule has 4 rings (SSSR count). The number of benzene rings is 1. The van der Waals surface area contributed by atoms with Crippen LogP contribution in [0.15, 0.2) is 42.7 Å². The molecule has 1 atom stereocenters. The molecule has 1 N–H and O–H groups in total. The highest BCUT2D eigenvalue weighted by Gasteiger charge is 2.28. The van der Waals surface area contributed by atoms with Crippen LogP contribution in [0.3, 0.4) is 0 Å². The SMILES string of the molecule is COc1cccc(-c2cc(C(=O)N3CCCC(Oc4nccnc4C#N)C3)[nH]n2)c1. The van der Waals surface area contributed by atoms with Gasteiger partial charge in [-0.25, -0.2) is 9.97 Å². The summed E-state index contributed by atoms with van der Waals surface area (Å²) in [5.74, 6) is 0.769. The number of nitriles is 1. The Morgan fingerprint density at radius 3 is 3.00 bits per heavy atom. The van der Waals surface area contributed by atoms with Gasteiger partial charge in [0.05, 0.1) is 19.3 Å². The molecule has 1 aromatic carbocycles. The van der Waals surface area contributed by atoms with Crippen LogP contribution < -0.4 is 9.47 Å². The Labute approximate surface area is 173 Å². The number of ether oxygens (including phenoxy) is 2. The number of aromatic amines is 1. The van der Waals surface area contributed by atoms with E-state index in [0.29, 0.717) is 24.5 Å². The quantitative estimate of drug-likeness (QED) is 0.694. The van der Waals surface area contributed by atoms with E-state index >= 15 is 0 Å². The van der Waals surface area contributed by atoms with Gasteiger partial charge in [-0.05, 0) is 31.0 Å². The maximum atomic E-state index is 13.0. The first-order chi connectivity index (χ1) is 14.7. The van der Waals surface area contributed by atoms with Crippen LogP contribution >= 0.6 is 0 Å². The molecule has 9 heteroatoms. The molecule has 0 saturated carbocycles. The van der Waals surface area contributed by atoms with E-state index in [2.05, 4.69) is 20.2 Å².